The number of aliphatic hydroxyl groups is 1. The number of nitrogens with zero attached hydrogens (tertiary/aromatic N) is 3. The van der Waals surface area contributed by atoms with E-state index in [9.17, 15) is 23.1 Å². The fraction of sp³-hybridized carbons (Fsp3) is 0.438. The molecule has 1 aliphatic rings. The molecule has 0 saturated heterocycles. The third kappa shape index (κ3) is 3.70. The first-order chi connectivity index (χ1) is 12.1. The molecule has 140 valence electrons. The predicted octanol–water partition coefficient (Wildman–Crippen LogP) is 0.880. The normalized spacial score (nSPS) is 23.3. The van der Waals surface area contributed by atoms with Crippen LogP contribution in [0.3, 0.4) is 0 Å². The lowest BCUT2D eigenvalue weighted by Crippen LogP contribution is -2.28. The van der Waals surface area contributed by atoms with Gasteiger partial charge in [-0.15, -0.1) is 0 Å². The van der Waals surface area contributed by atoms with Crippen molar-refractivity contribution >= 4 is 5.91 Å². The van der Waals surface area contributed by atoms with Crippen molar-refractivity contribution in [1.82, 2.24) is 14.8 Å². The lowest BCUT2D eigenvalue weighted by atomic mass is 10.1. The first-order valence-electron chi connectivity index (χ1n) is 8.00. The summed E-state index contributed by atoms with van der Waals surface area (Å²) in [7, 11) is 0. The van der Waals surface area contributed by atoms with Crippen LogP contribution in [0.2, 0.25) is 0 Å². The van der Waals surface area contributed by atoms with Crippen molar-refractivity contribution in [3.8, 4) is 5.69 Å². The van der Waals surface area contributed by atoms with Gasteiger partial charge in [0.25, 0.3) is 0 Å². The summed E-state index contributed by atoms with van der Waals surface area (Å²) < 4.78 is 39.6. The lowest BCUT2D eigenvalue weighted by Gasteiger charge is -2.12. The maximum atomic E-state index is 12.8. The third-order valence-electron chi connectivity index (χ3n) is 4.39. The molecule has 3 rings (SSSR count). The molecule has 0 radical (unpaired) electrons. The second kappa shape index (κ2) is 6.69. The van der Waals surface area contributed by atoms with Crippen LogP contribution in [0.1, 0.15) is 36.0 Å². The molecule has 0 spiro atoms. The molecule has 1 aliphatic carbocycles. The van der Waals surface area contributed by atoms with Gasteiger partial charge in [-0.3, -0.25) is 4.79 Å². The van der Waals surface area contributed by atoms with Gasteiger partial charge in [0.2, 0.25) is 5.91 Å². The van der Waals surface area contributed by atoms with E-state index in [-0.39, 0.29) is 18.2 Å². The largest absolute Gasteiger partial charge is 0.416 e. The van der Waals surface area contributed by atoms with E-state index in [4.69, 9.17) is 11.5 Å². The maximum Gasteiger partial charge on any atom is 0.416 e. The molecule has 2 aromatic rings. The van der Waals surface area contributed by atoms with E-state index < -0.39 is 29.8 Å². The summed E-state index contributed by atoms with van der Waals surface area (Å²) in [6, 6.07) is 4.03. The first kappa shape index (κ1) is 18.3. The van der Waals surface area contributed by atoms with Gasteiger partial charge < -0.3 is 16.6 Å². The Morgan fingerprint density at radius 2 is 1.92 bits per heavy atom. The summed E-state index contributed by atoms with van der Waals surface area (Å²) in [5.41, 5.74) is 10.6. The van der Waals surface area contributed by atoms with Crippen molar-refractivity contribution in [2.24, 2.45) is 11.5 Å². The van der Waals surface area contributed by atoms with E-state index in [0.29, 0.717) is 24.4 Å². The molecule has 0 unspecified atom stereocenters. The highest BCUT2D eigenvalue weighted by molar-refractivity contribution is 5.75. The number of aromatic nitrogens is 3. The Balaban J connectivity index is 1.99. The van der Waals surface area contributed by atoms with Gasteiger partial charge in [0.15, 0.2) is 5.82 Å². The van der Waals surface area contributed by atoms with E-state index in [2.05, 4.69) is 10.1 Å². The molecule has 1 aromatic heterocycles. The quantitative estimate of drug-likeness (QED) is 0.739. The van der Waals surface area contributed by atoms with Crippen molar-refractivity contribution in [1.29, 1.82) is 0 Å². The van der Waals surface area contributed by atoms with Crippen molar-refractivity contribution in [3.63, 3.8) is 0 Å². The van der Waals surface area contributed by atoms with Crippen molar-refractivity contribution in [3.05, 3.63) is 41.5 Å². The minimum absolute atomic E-state index is 0.169. The zero-order valence-corrected chi connectivity index (χ0v) is 13.6. The number of hydrogen-bond donors (Lipinski definition) is 3. The monoisotopic (exact) mass is 369 g/mol. The number of benzene rings is 1. The van der Waals surface area contributed by atoms with Crippen LogP contribution in [0.5, 0.6) is 0 Å². The second-order valence-electron chi connectivity index (χ2n) is 6.39. The summed E-state index contributed by atoms with van der Waals surface area (Å²) in [5, 5.41) is 14.1. The highest BCUT2D eigenvalue weighted by atomic mass is 19.4. The van der Waals surface area contributed by atoms with Crippen LogP contribution in [0.15, 0.2) is 24.3 Å². The SMILES string of the molecule is NC(=O)Cc1nc([C@H]2C[C@H](N)[C@@H](O)C2)n(-c2ccc(C(F)(F)F)cc2)n1. The van der Waals surface area contributed by atoms with E-state index in [0.717, 1.165) is 12.1 Å². The number of alkyl halides is 3. The number of rotatable bonds is 4. The molecule has 0 bridgehead atoms. The van der Waals surface area contributed by atoms with Gasteiger partial charge >= 0.3 is 6.18 Å². The standard InChI is InChI=1S/C16H18F3N5O2/c17-16(18,19)9-1-3-10(4-2-9)24-15(8-5-11(20)12(25)6-8)22-14(23-24)7-13(21)26/h1-4,8,11-12,25H,5-7,20H2,(H2,21,26)/t8-,11-,12-/m0/s1. The van der Waals surface area contributed by atoms with Crippen LogP contribution < -0.4 is 11.5 Å². The fourth-order valence-corrected chi connectivity index (χ4v) is 3.10. The molecule has 0 aliphatic heterocycles. The van der Waals surface area contributed by atoms with Gasteiger partial charge in [0.05, 0.1) is 23.8 Å². The Bertz CT molecular complexity index is 793. The van der Waals surface area contributed by atoms with Gasteiger partial charge in [-0.05, 0) is 37.1 Å². The molecule has 5 N–H and O–H groups in total. The van der Waals surface area contributed by atoms with Gasteiger partial charge in [0, 0.05) is 12.0 Å². The number of halogens is 3. The highest BCUT2D eigenvalue weighted by Gasteiger charge is 2.35. The molecular weight excluding hydrogens is 351 g/mol. The summed E-state index contributed by atoms with van der Waals surface area (Å²) >= 11 is 0. The Morgan fingerprint density at radius 1 is 1.27 bits per heavy atom. The summed E-state index contributed by atoms with van der Waals surface area (Å²) in [4.78, 5) is 15.5. The summed E-state index contributed by atoms with van der Waals surface area (Å²) in [6.07, 6.45) is -4.52. The van der Waals surface area contributed by atoms with Crippen molar-refractivity contribution in [2.45, 2.75) is 43.5 Å². The topological polar surface area (TPSA) is 120 Å². The number of nitrogens with two attached hydrogens (primary N) is 2. The lowest BCUT2D eigenvalue weighted by molar-refractivity contribution is -0.137. The Labute approximate surface area is 146 Å². The van der Waals surface area contributed by atoms with Crippen LogP contribution in [0.4, 0.5) is 13.2 Å². The number of amides is 1. The Hall–Kier alpha value is -2.46. The zero-order chi connectivity index (χ0) is 19.1. The van der Waals surface area contributed by atoms with Gasteiger partial charge in [-0.2, -0.15) is 18.3 Å². The van der Waals surface area contributed by atoms with E-state index in [1.165, 1.54) is 16.8 Å². The summed E-state index contributed by atoms with van der Waals surface area (Å²) in [6.45, 7) is 0. The smallest absolute Gasteiger partial charge is 0.391 e. The highest BCUT2D eigenvalue weighted by Crippen LogP contribution is 2.35. The van der Waals surface area contributed by atoms with Crippen LogP contribution >= 0.6 is 0 Å². The molecule has 1 fully saturated rings. The number of hydrogen-bond acceptors (Lipinski definition) is 5. The van der Waals surface area contributed by atoms with Crippen LogP contribution in [0, 0.1) is 0 Å². The second-order valence-corrected chi connectivity index (χ2v) is 6.39. The first-order valence-corrected chi connectivity index (χ1v) is 8.00. The molecule has 26 heavy (non-hydrogen) atoms. The van der Waals surface area contributed by atoms with Gasteiger partial charge in [-0.1, -0.05) is 0 Å². The molecule has 10 heteroatoms. The predicted molar refractivity (Wildman–Crippen MR) is 85.2 cm³/mol. The average molecular weight is 369 g/mol. The molecule has 1 aromatic carbocycles. The minimum Gasteiger partial charge on any atom is -0.391 e. The Morgan fingerprint density at radius 3 is 2.42 bits per heavy atom. The molecular formula is C16H18F3N5O2. The van der Waals surface area contributed by atoms with Crippen LogP contribution in [0.25, 0.3) is 5.69 Å². The average Bonchev–Trinajstić information content (AvgIpc) is 3.10. The van der Waals surface area contributed by atoms with Crippen LogP contribution in [-0.2, 0) is 17.4 Å². The number of carbonyl (C=O) groups is 1. The third-order valence-corrected chi connectivity index (χ3v) is 4.39. The Kier molecular flexibility index (Phi) is 4.72. The fourth-order valence-electron chi connectivity index (χ4n) is 3.10. The van der Waals surface area contributed by atoms with Gasteiger partial charge in [0.1, 0.15) is 5.82 Å². The summed E-state index contributed by atoms with van der Waals surface area (Å²) in [5.74, 6) is -0.240. The van der Waals surface area contributed by atoms with E-state index in [1.807, 2.05) is 0 Å². The maximum absolute atomic E-state index is 12.8. The van der Waals surface area contributed by atoms with Crippen LogP contribution in [-0.4, -0.2) is 37.9 Å². The number of carbonyl (C=O) groups excluding carboxylic acids is 1. The van der Waals surface area contributed by atoms with E-state index in [1.54, 1.807) is 0 Å². The number of aliphatic hydroxyl groups excluding tert-OH is 1. The molecule has 7 nitrogen and oxygen atoms in total. The minimum atomic E-state index is -4.44. The number of primary amides is 1. The molecule has 3 atom stereocenters. The zero-order valence-electron chi connectivity index (χ0n) is 13.6. The molecule has 1 saturated carbocycles. The van der Waals surface area contributed by atoms with Crippen molar-refractivity contribution in [2.75, 3.05) is 0 Å². The van der Waals surface area contributed by atoms with Crippen molar-refractivity contribution < 1.29 is 23.1 Å². The van der Waals surface area contributed by atoms with Gasteiger partial charge in [-0.25, -0.2) is 9.67 Å². The molecule has 1 amide bonds. The molecule has 1 heterocycles. The van der Waals surface area contributed by atoms with E-state index >= 15 is 0 Å².